The second-order valence-electron chi connectivity index (χ2n) is 8.31. The summed E-state index contributed by atoms with van der Waals surface area (Å²) in [5.41, 5.74) is 1.37. The summed E-state index contributed by atoms with van der Waals surface area (Å²) >= 11 is 0. The molecule has 0 saturated carbocycles. The lowest BCUT2D eigenvalue weighted by molar-refractivity contribution is 0.0195. The van der Waals surface area contributed by atoms with Crippen LogP contribution in [-0.2, 0) is 11.3 Å². The molecule has 2 unspecified atom stereocenters. The van der Waals surface area contributed by atoms with Crippen LogP contribution in [0.4, 0.5) is 0 Å². The maximum atomic E-state index is 5.51. The maximum Gasteiger partial charge on any atom is 0.193 e. The van der Waals surface area contributed by atoms with Crippen molar-refractivity contribution in [3.8, 4) is 0 Å². The first-order valence-electron chi connectivity index (χ1n) is 11.3. The van der Waals surface area contributed by atoms with Gasteiger partial charge >= 0.3 is 0 Å². The van der Waals surface area contributed by atoms with E-state index in [0.29, 0.717) is 12.1 Å². The molecular formula is C23H39N5O. The van der Waals surface area contributed by atoms with Crippen molar-refractivity contribution in [1.29, 1.82) is 0 Å². The molecule has 3 rings (SSSR count). The lowest BCUT2D eigenvalue weighted by Crippen LogP contribution is -2.46. The molecule has 6 nitrogen and oxygen atoms in total. The van der Waals surface area contributed by atoms with E-state index in [1.807, 2.05) is 0 Å². The van der Waals surface area contributed by atoms with E-state index in [-0.39, 0.29) is 0 Å². The van der Waals surface area contributed by atoms with Crippen molar-refractivity contribution in [2.24, 2.45) is 4.99 Å². The minimum absolute atomic E-state index is 0.501. The zero-order chi connectivity index (χ0) is 20.5. The van der Waals surface area contributed by atoms with Gasteiger partial charge in [0.2, 0.25) is 0 Å². The molecule has 2 atom stereocenters. The highest BCUT2D eigenvalue weighted by Gasteiger charge is 2.30. The minimum atomic E-state index is 0.501. The van der Waals surface area contributed by atoms with Crippen LogP contribution < -0.4 is 5.32 Å². The lowest BCUT2D eigenvalue weighted by Gasteiger charge is -2.32. The molecule has 2 heterocycles. The molecule has 1 aromatic carbocycles. The van der Waals surface area contributed by atoms with Gasteiger partial charge in [-0.25, -0.2) is 0 Å². The van der Waals surface area contributed by atoms with Gasteiger partial charge in [0.1, 0.15) is 0 Å². The number of morpholine rings is 1. The van der Waals surface area contributed by atoms with Crippen molar-refractivity contribution in [2.75, 3.05) is 59.5 Å². The summed E-state index contributed by atoms with van der Waals surface area (Å²) in [5, 5.41) is 3.51. The highest BCUT2D eigenvalue weighted by Crippen LogP contribution is 2.17. The fraction of sp³-hybridized carbons (Fsp3) is 0.696. The summed E-state index contributed by atoms with van der Waals surface area (Å²) in [6, 6.07) is 11.8. The molecule has 2 aliphatic heterocycles. The van der Waals surface area contributed by atoms with Crippen LogP contribution in [0.15, 0.2) is 35.3 Å². The monoisotopic (exact) mass is 401 g/mol. The standard InChI is InChI=1S/C23H39N5O/c1-4-24-23(28-13-11-22(19-28)27-14-16-29-17-15-27)25-12-10-20(2)26(3)18-21-8-6-5-7-9-21/h5-9,20,22H,4,10-19H2,1-3H3,(H,24,25). The van der Waals surface area contributed by atoms with E-state index in [0.717, 1.165) is 71.4 Å². The van der Waals surface area contributed by atoms with Crippen molar-refractivity contribution in [1.82, 2.24) is 20.0 Å². The number of nitrogens with zero attached hydrogens (tertiary/aromatic N) is 4. The van der Waals surface area contributed by atoms with Crippen LogP contribution in [0.1, 0.15) is 32.3 Å². The molecule has 2 saturated heterocycles. The summed E-state index contributed by atoms with van der Waals surface area (Å²) in [7, 11) is 2.21. The Balaban J connectivity index is 1.47. The van der Waals surface area contributed by atoms with Crippen LogP contribution in [0, 0.1) is 0 Å². The molecule has 6 heteroatoms. The van der Waals surface area contributed by atoms with E-state index in [4.69, 9.17) is 9.73 Å². The molecule has 0 aromatic heterocycles. The summed E-state index contributed by atoms with van der Waals surface area (Å²) in [4.78, 5) is 12.4. The van der Waals surface area contributed by atoms with Crippen molar-refractivity contribution in [3.63, 3.8) is 0 Å². The molecule has 0 amide bonds. The predicted octanol–water partition coefficient (Wildman–Crippen LogP) is 2.27. The van der Waals surface area contributed by atoms with Crippen LogP contribution in [0.3, 0.4) is 0 Å². The first-order valence-corrected chi connectivity index (χ1v) is 11.3. The molecule has 29 heavy (non-hydrogen) atoms. The fourth-order valence-electron chi connectivity index (χ4n) is 4.21. The van der Waals surface area contributed by atoms with Gasteiger partial charge in [-0.05, 0) is 39.3 Å². The van der Waals surface area contributed by atoms with Crippen LogP contribution in [-0.4, -0.2) is 92.3 Å². The van der Waals surface area contributed by atoms with E-state index < -0.39 is 0 Å². The second kappa shape index (κ2) is 11.5. The zero-order valence-corrected chi connectivity index (χ0v) is 18.5. The Labute approximate surface area is 176 Å². The number of hydrogen-bond donors (Lipinski definition) is 1. The van der Waals surface area contributed by atoms with Gasteiger partial charge in [-0.15, -0.1) is 0 Å². The van der Waals surface area contributed by atoms with Gasteiger partial charge in [0.05, 0.1) is 13.2 Å². The fourth-order valence-corrected chi connectivity index (χ4v) is 4.21. The van der Waals surface area contributed by atoms with Gasteiger partial charge in [0.25, 0.3) is 0 Å². The highest BCUT2D eigenvalue weighted by molar-refractivity contribution is 5.80. The van der Waals surface area contributed by atoms with Gasteiger partial charge in [-0.3, -0.25) is 14.8 Å². The first kappa shape index (κ1) is 22.1. The maximum absolute atomic E-state index is 5.51. The van der Waals surface area contributed by atoms with Gasteiger partial charge in [0.15, 0.2) is 5.96 Å². The van der Waals surface area contributed by atoms with E-state index >= 15 is 0 Å². The number of aliphatic imine (C=N–C) groups is 1. The number of guanidine groups is 1. The Bertz CT molecular complexity index is 617. The zero-order valence-electron chi connectivity index (χ0n) is 18.5. The second-order valence-corrected chi connectivity index (χ2v) is 8.31. The molecular weight excluding hydrogens is 362 g/mol. The Hall–Kier alpha value is -1.63. The molecule has 1 aromatic rings. The molecule has 0 radical (unpaired) electrons. The number of rotatable bonds is 8. The van der Waals surface area contributed by atoms with E-state index in [1.165, 1.54) is 12.0 Å². The van der Waals surface area contributed by atoms with E-state index in [2.05, 4.69) is 71.2 Å². The quantitative estimate of drug-likeness (QED) is 0.535. The van der Waals surface area contributed by atoms with Crippen molar-refractivity contribution >= 4 is 5.96 Å². The third kappa shape index (κ3) is 6.69. The highest BCUT2D eigenvalue weighted by atomic mass is 16.5. The van der Waals surface area contributed by atoms with Crippen LogP contribution in [0.25, 0.3) is 0 Å². The average molecular weight is 402 g/mol. The number of nitrogens with one attached hydrogen (secondary N) is 1. The minimum Gasteiger partial charge on any atom is -0.379 e. The normalized spacial score (nSPS) is 22.3. The Morgan fingerprint density at radius 3 is 2.72 bits per heavy atom. The molecule has 162 valence electrons. The number of hydrogen-bond acceptors (Lipinski definition) is 4. The SMILES string of the molecule is CCNC(=NCCC(C)N(C)Cc1ccccc1)N1CCC(N2CCOCC2)C1. The van der Waals surface area contributed by atoms with Crippen molar-refractivity contribution in [2.45, 2.75) is 45.3 Å². The predicted molar refractivity (Wildman–Crippen MR) is 120 cm³/mol. The first-order chi connectivity index (χ1) is 14.2. The number of ether oxygens (including phenoxy) is 1. The molecule has 0 spiro atoms. The molecule has 0 aliphatic carbocycles. The Kier molecular flexibility index (Phi) is 8.77. The van der Waals surface area contributed by atoms with Gasteiger partial charge in [-0.2, -0.15) is 0 Å². The van der Waals surface area contributed by atoms with Crippen LogP contribution in [0.5, 0.6) is 0 Å². The Morgan fingerprint density at radius 2 is 2.00 bits per heavy atom. The number of benzene rings is 1. The van der Waals surface area contributed by atoms with Crippen molar-refractivity contribution < 1.29 is 4.74 Å². The third-order valence-corrected chi connectivity index (χ3v) is 6.20. The lowest BCUT2D eigenvalue weighted by atomic mass is 10.1. The molecule has 2 aliphatic rings. The average Bonchev–Trinajstić information content (AvgIpc) is 3.24. The molecule has 1 N–H and O–H groups in total. The van der Waals surface area contributed by atoms with E-state index in [1.54, 1.807) is 0 Å². The van der Waals surface area contributed by atoms with Gasteiger partial charge in [0, 0.05) is 57.9 Å². The van der Waals surface area contributed by atoms with Crippen LogP contribution in [0.2, 0.25) is 0 Å². The summed E-state index contributed by atoms with van der Waals surface area (Å²) in [6.45, 7) is 13.3. The molecule has 0 bridgehead atoms. The van der Waals surface area contributed by atoms with Crippen molar-refractivity contribution in [3.05, 3.63) is 35.9 Å². The summed E-state index contributed by atoms with van der Waals surface area (Å²) < 4.78 is 5.51. The smallest absolute Gasteiger partial charge is 0.193 e. The number of likely N-dealkylation sites (tertiary alicyclic amines) is 1. The summed E-state index contributed by atoms with van der Waals surface area (Å²) in [5.74, 6) is 1.08. The van der Waals surface area contributed by atoms with Gasteiger partial charge < -0.3 is 15.0 Å². The largest absolute Gasteiger partial charge is 0.379 e. The Morgan fingerprint density at radius 1 is 1.24 bits per heavy atom. The molecule has 2 fully saturated rings. The third-order valence-electron chi connectivity index (χ3n) is 6.20. The van der Waals surface area contributed by atoms with Crippen LogP contribution >= 0.6 is 0 Å². The summed E-state index contributed by atoms with van der Waals surface area (Å²) in [6.07, 6.45) is 2.29. The topological polar surface area (TPSA) is 43.3 Å². The van der Waals surface area contributed by atoms with E-state index in [9.17, 15) is 0 Å². The van der Waals surface area contributed by atoms with Gasteiger partial charge in [-0.1, -0.05) is 30.3 Å².